The Morgan fingerprint density at radius 1 is 1.14 bits per heavy atom. The number of rotatable bonds is 7. The molecule has 3 heterocycles. The second-order valence-electron chi connectivity index (χ2n) is 8.82. The van der Waals surface area contributed by atoms with Crippen LogP contribution in [0.3, 0.4) is 0 Å². The molecular formula is C24H27F3N6O4. The second-order valence-corrected chi connectivity index (χ2v) is 8.82. The summed E-state index contributed by atoms with van der Waals surface area (Å²) in [4.78, 5) is 34.2. The molecule has 4 rings (SSSR count). The van der Waals surface area contributed by atoms with Gasteiger partial charge in [0.15, 0.2) is 0 Å². The molecule has 198 valence electrons. The molecule has 0 radical (unpaired) electrons. The Hall–Kier alpha value is -3.84. The zero-order valence-corrected chi connectivity index (χ0v) is 20.3. The smallest absolute Gasteiger partial charge is 0.493 e. The van der Waals surface area contributed by atoms with Gasteiger partial charge in [0.2, 0.25) is 11.8 Å². The molecule has 13 heteroatoms. The lowest BCUT2D eigenvalue weighted by Crippen LogP contribution is -2.47. The molecule has 1 saturated heterocycles. The number of hydrogen-bond acceptors (Lipinski definition) is 7. The van der Waals surface area contributed by atoms with Crippen LogP contribution in [0.5, 0.6) is 11.6 Å². The number of nitrogens with one attached hydrogen (secondary N) is 1. The van der Waals surface area contributed by atoms with Crippen LogP contribution in [0.1, 0.15) is 11.3 Å². The summed E-state index contributed by atoms with van der Waals surface area (Å²) in [5.74, 6) is -1.01. The molecule has 37 heavy (non-hydrogen) atoms. The molecule has 2 N–H and O–H groups in total. The largest absolute Gasteiger partial charge is 0.573 e. The minimum atomic E-state index is -4.84. The average molecular weight is 521 g/mol. The van der Waals surface area contributed by atoms with Gasteiger partial charge >= 0.3 is 12.1 Å². The summed E-state index contributed by atoms with van der Waals surface area (Å²) in [7, 11) is 2.03. The molecule has 0 bridgehead atoms. The molecule has 0 aliphatic carbocycles. The molecule has 1 aliphatic heterocycles. The predicted octanol–water partition coefficient (Wildman–Crippen LogP) is 2.18. The molecule has 10 nitrogen and oxygen atoms in total. The lowest BCUT2D eigenvalue weighted by atomic mass is 10.2. The van der Waals surface area contributed by atoms with Crippen molar-refractivity contribution in [1.82, 2.24) is 23.9 Å². The number of amides is 1. The first-order valence-corrected chi connectivity index (χ1v) is 11.5. The van der Waals surface area contributed by atoms with Crippen molar-refractivity contribution in [1.29, 1.82) is 0 Å². The molecule has 0 spiro atoms. The molecule has 0 atom stereocenters. The number of carbonyl (C=O) groups excluding carboxylic acids is 1. The van der Waals surface area contributed by atoms with Crippen LogP contribution >= 0.6 is 0 Å². The molecule has 1 aromatic carbocycles. The maximum absolute atomic E-state index is 13.2. The van der Waals surface area contributed by atoms with E-state index in [4.69, 9.17) is 0 Å². The Morgan fingerprint density at radius 2 is 1.81 bits per heavy atom. The third kappa shape index (κ3) is 6.30. The topological polar surface area (TPSA) is 105 Å². The van der Waals surface area contributed by atoms with Gasteiger partial charge in [0.1, 0.15) is 5.75 Å². The summed E-state index contributed by atoms with van der Waals surface area (Å²) in [6.07, 6.45) is -1.82. The number of nitrogens with zero attached hydrogens (tertiary/aromatic N) is 5. The number of halogens is 3. The lowest BCUT2D eigenvalue weighted by molar-refractivity contribution is -0.274. The highest BCUT2D eigenvalue weighted by Gasteiger charge is 2.31. The summed E-state index contributed by atoms with van der Waals surface area (Å²) in [5.41, 5.74) is 0.833. The third-order valence-corrected chi connectivity index (χ3v) is 6.17. The summed E-state index contributed by atoms with van der Waals surface area (Å²) < 4.78 is 43.5. The average Bonchev–Trinajstić information content (AvgIpc) is 3.04. The molecule has 0 saturated carbocycles. The van der Waals surface area contributed by atoms with Crippen molar-refractivity contribution in [3.63, 3.8) is 0 Å². The molecule has 1 aliphatic rings. The van der Waals surface area contributed by atoms with Crippen molar-refractivity contribution in [2.75, 3.05) is 45.1 Å². The molecule has 2 aromatic heterocycles. The molecule has 0 unspecified atom stereocenters. The minimum Gasteiger partial charge on any atom is -0.493 e. The van der Waals surface area contributed by atoms with Crippen LogP contribution < -0.4 is 15.7 Å². The number of ether oxygens (including phenoxy) is 1. The Labute approximate surface area is 210 Å². The Balaban J connectivity index is 1.53. The first-order valence-electron chi connectivity index (χ1n) is 11.5. The minimum absolute atomic E-state index is 0.0210. The van der Waals surface area contributed by atoms with Crippen molar-refractivity contribution < 1.29 is 27.8 Å². The van der Waals surface area contributed by atoms with Gasteiger partial charge in [-0.2, -0.15) is 0 Å². The van der Waals surface area contributed by atoms with Crippen LogP contribution in [0.2, 0.25) is 0 Å². The van der Waals surface area contributed by atoms with E-state index in [1.807, 2.05) is 7.05 Å². The van der Waals surface area contributed by atoms with Crippen molar-refractivity contribution >= 4 is 11.6 Å². The molecule has 1 amide bonds. The summed E-state index contributed by atoms with van der Waals surface area (Å²) in [6.45, 7) is 5.13. The number of imidazole rings is 1. The highest BCUT2D eigenvalue weighted by molar-refractivity contribution is 5.92. The zero-order valence-electron chi connectivity index (χ0n) is 20.3. The van der Waals surface area contributed by atoms with E-state index in [9.17, 15) is 27.9 Å². The number of carbonyl (C=O) groups is 1. The number of aromatic nitrogens is 3. The number of benzene rings is 1. The Morgan fingerprint density at radius 3 is 2.46 bits per heavy atom. The second kappa shape index (κ2) is 10.6. The fourth-order valence-electron chi connectivity index (χ4n) is 4.10. The van der Waals surface area contributed by atoms with Gasteiger partial charge in [-0.25, -0.2) is 9.36 Å². The van der Waals surface area contributed by atoms with E-state index in [0.717, 1.165) is 42.9 Å². The van der Waals surface area contributed by atoms with Gasteiger partial charge < -0.3 is 20.1 Å². The highest BCUT2D eigenvalue weighted by Crippen LogP contribution is 2.26. The van der Waals surface area contributed by atoms with E-state index in [1.54, 1.807) is 13.0 Å². The van der Waals surface area contributed by atoms with E-state index in [0.29, 0.717) is 11.3 Å². The summed E-state index contributed by atoms with van der Waals surface area (Å²) in [5, 5.41) is 13.5. The quantitative estimate of drug-likeness (QED) is 0.492. The number of alkyl halides is 3. The third-order valence-electron chi connectivity index (χ3n) is 6.17. The summed E-state index contributed by atoms with van der Waals surface area (Å²) >= 11 is 0. The van der Waals surface area contributed by atoms with Gasteiger partial charge in [-0.3, -0.25) is 19.2 Å². The SMILES string of the molecule is Cc1c(O)n(-c2ccc(OC(F)(F)F)cc2)c(=O)n1Cc1ccncc1NC(=O)CN1CCN(C)CC1. The maximum atomic E-state index is 13.2. The number of pyridine rings is 1. The van der Waals surface area contributed by atoms with Crippen molar-refractivity contribution in [2.24, 2.45) is 0 Å². The fraction of sp³-hybridized carbons (Fsp3) is 0.375. The molecule has 3 aromatic rings. The van der Waals surface area contributed by atoms with Crippen LogP contribution in [-0.2, 0) is 11.3 Å². The number of likely N-dealkylation sites (N-methyl/N-ethyl adjacent to an activating group) is 1. The number of anilines is 1. The lowest BCUT2D eigenvalue weighted by Gasteiger charge is -2.31. The van der Waals surface area contributed by atoms with E-state index in [2.05, 4.69) is 24.8 Å². The van der Waals surface area contributed by atoms with Crippen LogP contribution in [-0.4, -0.2) is 81.1 Å². The van der Waals surface area contributed by atoms with E-state index < -0.39 is 17.8 Å². The van der Waals surface area contributed by atoms with Gasteiger partial charge in [0.05, 0.1) is 36.4 Å². The van der Waals surface area contributed by atoms with Crippen LogP contribution in [0, 0.1) is 6.92 Å². The van der Waals surface area contributed by atoms with Crippen LogP contribution in [0.4, 0.5) is 18.9 Å². The Kier molecular flexibility index (Phi) is 7.55. The Bertz CT molecular complexity index is 1310. The van der Waals surface area contributed by atoms with Gasteiger partial charge in [-0.15, -0.1) is 13.2 Å². The summed E-state index contributed by atoms with van der Waals surface area (Å²) in [6, 6.07) is 6.25. The molecular weight excluding hydrogens is 493 g/mol. The highest BCUT2D eigenvalue weighted by atomic mass is 19.4. The zero-order chi connectivity index (χ0) is 26.7. The number of piperazine rings is 1. The monoisotopic (exact) mass is 520 g/mol. The van der Waals surface area contributed by atoms with Crippen molar-refractivity contribution in [3.05, 3.63) is 64.5 Å². The van der Waals surface area contributed by atoms with Gasteiger partial charge in [-0.1, -0.05) is 0 Å². The van der Waals surface area contributed by atoms with Gasteiger partial charge in [0, 0.05) is 32.4 Å². The first-order chi connectivity index (χ1) is 17.5. The van der Waals surface area contributed by atoms with Gasteiger partial charge in [-0.05, 0) is 49.9 Å². The standard InChI is InChI=1S/C24H27F3N6O4/c1-16-22(35)33(18-3-5-19(6-4-18)37-24(25,26)27)23(36)32(16)14-17-7-8-28-13-20(17)29-21(34)15-31-11-9-30(2)10-12-31/h3-8,13,35H,9-12,14-15H2,1-2H3,(H,29,34). The first kappa shape index (κ1) is 26.2. The number of aromatic hydroxyl groups is 1. The van der Waals surface area contributed by atoms with E-state index in [-0.39, 0.29) is 36.3 Å². The van der Waals surface area contributed by atoms with Crippen LogP contribution in [0.25, 0.3) is 5.69 Å². The van der Waals surface area contributed by atoms with E-state index in [1.165, 1.54) is 29.1 Å². The predicted molar refractivity (Wildman–Crippen MR) is 129 cm³/mol. The maximum Gasteiger partial charge on any atom is 0.573 e. The molecule has 1 fully saturated rings. The van der Waals surface area contributed by atoms with Crippen LogP contribution in [0.15, 0.2) is 47.5 Å². The van der Waals surface area contributed by atoms with E-state index >= 15 is 0 Å². The van der Waals surface area contributed by atoms with Crippen molar-refractivity contribution in [2.45, 2.75) is 19.8 Å². The normalized spacial score (nSPS) is 15.1. The fourth-order valence-corrected chi connectivity index (χ4v) is 4.10. The van der Waals surface area contributed by atoms with Gasteiger partial charge in [0.25, 0.3) is 0 Å². The van der Waals surface area contributed by atoms with Crippen molar-refractivity contribution in [3.8, 4) is 17.3 Å². The number of hydrogen-bond donors (Lipinski definition) is 2.